The van der Waals surface area contributed by atoms with Crippen molar-refractivity contribution in [1.82, 2.24) is 0 Å². The molecule has 1 aromatic rings. The lowest BCUT2D eigenvalue weighted by Crippen LogP contribution is -2.29. The highest BCUT2D eigenvalue weighted by atomic mass is 19.1. The molecule has 5 heteroatoms. The average Bonchev–Trinajstić information content (AvgIpc) is 2.34. The van der Waals surface area contributed by atoms with E-state index < -0.39 is 16.4 Å². The minimum Gasteiger partial charge on any atom is -0.382 e. The van der Waals surface area contributed by atoms with E-state index in [2.05, 4.69) is 19.2 Å². The van der Waals surface area contributed by atoms with E-state index in [0.29, 0.717) is 17.1 Å². The summed E-state index contributed by atoms with van der Waals surface area (Å²) in [5.74, 6) is -0.791. The third kappa shape index (κ3) is 3.43. The lowest BCUT2D eigenvalue weighted by Gasteiger charge is -2.35. The lowest BCUT2D eigenvalue weighted by atomic mass is 9.75. The summed E-state index contributed by atoms with van der Waals surface area (Å²) < 4.78 is 13.2. The molecule has 1 aromatic carbocycles. The van der Waals surface area contributed by atoms with Gasteiger partial charge in [0.25, 0.3) is 0 Å². The highest BCUT2D eigenvalue weighted by Crippen LogP contribution is 2.36. The van der Waals surface area contributed by atoms with E-state index in [1.807, 2.05) is 0 Å². The Morgan fingerprint density at radius 1 is 1.37 bits per heavy atom. The van der Waals surface area contributed by atoms with E-state index in [1.165, 1.54) is 6.07 Å². The molecule has 0 bridgehead atoms. The molecule has 1 saturated carbocycles. The second kappa shape index (κ2) is 5.15. The quantitative estimate of drug-likeness (QED) is 0.661. The number of hydrogen-bond donors (Lipinski definition) is 1. The van der Waals surface area contributed by atoms with E-state index >= 15 is 0 Å². The van der Waals surface area contributed by atoms with Crippen molar-refractivity contribution >= 4 is 11.4 Å². The van der Waals surface area contributed by atoms with Crippen LogP contribution in [0.3, 0.4) is 0 Å². The van der Waals surface area contributed by atoms with Gasteiger partial charge in [-0.15, -0.1) is 0 Å². The number of nitro groups is 1. The highest BCUT2D eigenvalue weighted by Gasteiger charge is 2.27. The van der Waals surface area contributed by atoms with E-state index in [0.717, 1.165) is 31.7 Å². The first kappa shape index (κ1) is 13.8. The third-order valence-corrected chi connectivity index (χ3v) is 3.85. The van der Waals surface area contributed by atoms with Gasteiger partial charge in [-0.25, -0.2) is 0 Å². The maximum Gasteiger partial charge on any atom is 0.306 e. The van der Waals surface area contributed by atoms with Gasteiger partial charge in [0.2, 0.25) is 5.82 Å². The fourth-order valence-electron chi connectivity index (χ4n) is 2.52. The molecule has 19 heavy (non-hydrogen) atoms. The molecule has 0 amide bonds. The Morgan fingerprint density at radius 2 is 2.00 bits per heavy atom. The van der Waals surface area contributed by atoms with Crippen LogP contribution in [0, 0.1) is 21.3 Å². The molecule has 2 rings (SSSR count). The second-order valence-electron chi connectivity index (χ2n) is 6.01. The topological polar surface area (TPSA) is 55.2 Å². The number of benzene rings is 1. The van der Waals surface area contributed by atoms with Gasteiger partial charge in [-0.05, 0) is 43.2 Å². The predicted octanol–water partition coefficient (Wildman–Crippen LogP) is 4.11. The zero-order chi connectivity index (χ0) is 14.0. The van der Waals surface area contributed by atoms with Gasteiger partial charge in [-0.3, -0.25) is 10.1 Å². The summed E-state index contributed by atoms with van der Waals surface area (Å²) in [5.41, 5.74) is 0.534. The lowest BCUT2D eigenvalue weighted by molar-refractivity contribution is -0.387. The molecular formula is C14H19FN2O2. The zero-order valence-corrected chi connectivity index (χ0v) is 11.3. The van der Waals surface area contributed by atoms with Crippen LogP contribution in [0.4, 0.5) is 15.8 Å². The Hall–Kier alpha value is -1.65. The van der Waals surface area contributed by atoms with Gasteiger partial charge < -0.3 is 5.32 Å². The fourth-order valence-corrected chi connectivity index (χ4v) is 2.52. The first-order valence-electron chi connectivity index (χ1n) is 6.58. The molecule has 0 radical (unpaired) electrons. The molecular weight excluding hydrogens is 247 g/mol. The summed E-state index contributed by atoms with van der Waals surface area (Å²) >= 11 is 0. The molecule has 1 N–H and O–H groups in total. The van der Waals surface area contributed by atoms with E-state index in [-0.39, 0.29) is 0 Å². The molecule has 104 valence electrons. The summed E-state index contributed by atoms with van der Waals surface area (Å²) in [6, 6.07) is 4.29. The number of anilines is 1. The smallest absolute Gasteiger partial charge is 0.306 e. The summed E-state index contributed by atoms with van der Waals surface area (Å²) in [4.78, 5) is 10.00. The van der Waals surface area contributed by atoms with Crippen LogP contribution in [-0.2, 0) is 0 Å². The molecule has 0 spiro atoms. The van der Waals surface area contributed by atoms with Gasteiger partial charge in [-0.1, -0.05) is 13.8 Å². The van der Waals surface area contributed by atoms with Crippen LogP contribution in [-0.4, -0.2) is 11.0 Å². The third-order valence-electron chi connectivity index (χ3n) is 3.85. The van der Waals surface area contributed by atoms with Gasteiger partial charge in [0.15, 0.2) is 0 Å². The Morgan fingerprint density at radius 3 is 2.58 bits per heavy atom. The molecule has 1 fully saturated rings. The monoisotopic (exact) mass is 266 g/mol. The average molecular weight is 266 g/mol. The van der Waals surface area contributed by atoms with Gasteiger partial charge in [0.05, 0.1) is 4.92 Å². The summed E-state index contributed by atoms with van der Waals surface area (Å²) in [6.45, 7) is 4.51. The summed E-state index contributed by atoms with van der Waals surface area (Å²) in [6.07, 6.45) is 4.35. The number of halogens is 1. The highest BCUT2D eigenvalue weighted by molar-refractivity contribution is 5.52. The van der Waals surface area contributed by atoms with Gasteiger partial charge in [-0.2, -0.15) is 4.39 Å². The molecule has 0 unspecified atom stereocenters. The molecule has 0 atom stereocenters. The van der Waals surface area contributed by atoms with Crippen molar-refractivity contribution in [2.75, 3.05) is 5.32 Å². The molecule has 0 saturated heterocycles. The van der Waals surface area contributed by atoms with Crippen LogP contribution in [0.5, 0.6) is 0 Å². The van der Waals surface area contributed by atoms with Crippen molar-refractivity contribution in [3.63, 3.8) is 0 Å². The van der Waals surface area contributed by atoms with Crippen LogP contribution in [0.25, 0.3) is 0 Å². The van der Waals surface area contributed by atoms with Gasteiger partial charge >= 0.3 is 5.69 Å². The maximum absolute atomic E-state index is 13.2. The van der Waals surface area contributed by atoms with Gasteiger partial charge in [0, 0.05) is 17.8 Å². The van der Waals surface area contributed by atoms with Crippen molar-refractivity contribution in [2.45, 2.75) is 45.6 Å². The van der Waals surface area contributed by atoms with E-state index in [4.69, 9.17) is 0 Å². The van der Waals surface area contributed by atoms with Crippen LogP contribution >= 0.6 is 0 Å². The van der Waals surface area contributed by atoms with E-state index in [9.17, 15) is 14.5 Å². The van der Waals surface area contributed by atoms with Crippen molar-refractivity contribution in [1.29, 1.82) is 0 Å². The van der Waals surface area contributed by atoms with Crippen molar-refractivity contribution < 1.29 is 9.31 Å². The van der Waals surface area contributed by atoms with E-state index in [1.54, 1.807) is 6.07 Å². The standard InChI is InChI=1S/C14H19FN2O2/c1-14(2)7-5-10(6-8-14)16-11-3-4-12(15)13(9-11)17(18)19/h3-4,9-10,16H,5-8H2,1-2H3. The van der Waals surface area contributed by atoms with Crippen LogP contribution in [0.1, 0.15) is 39.5 Å². The summed E-state index contributed by atoms with van der Waals surface area (Å²) in [7, 11) is 0. The predicted molar refractivity (Wildman–Crippen MR) is 72.7 cm³/mol. The number of nitrogens with one attached hydrogen (secondary N) is 1. The second-order valence-corrected chi connectivity index (χ2v) is 6.01. The van der Waals surface area contributed by atoms with Crippen LogP contribution in [0.15, 0.2) is 18.2 Å². The molecule has 0 aliphatic heterocycles. The molecule has 1 aliphatic rings. The maximum atomic E-state index is 13.2. The minimum atomic E-state index is -0.791. The van der Waals surface area contributed by atoms with Gasteiger partial charge in [0.1, 0.15) is 0 Å². The van der Waals surface area contributed by atoms with Crippen molar-refractivity contribution in [2.24, 2.45) is 5.41 Å². The van der Waals surface area contributed by atoms with Crippen LogP contribution < -0.4 is 5.32 Å². The van der Waals surface area contributed by atoms with Crippen molar-refractivity contribution in [3.05, 3.63) is 34.1 Å². The van der Waals surface area contributed by atoms with Crippen molar-refractivity contribution in [3.8, 4) is 0 Å². The molecule has 4 nitrogen and oxygen atoms in total. The number of rotatable bonds is 3. The number of nitrogens with zero attached hydrogens (tertiary/aromatic N) is 1. The zero-order valence-electron chi connectivity index (χ0n) is 11.3. The Labute approximate surface area is 112 Å². The number of hydrogen-bond acceptors (Lipinski definition) is 3. The van der Waals surface area contributed by atoms with Crippen LogP contribution in [0.2, 0.25) is 0 Å². The Kier molecular flexibility index (Phi) is 3.73. The Bertz CT molecular complexity index is 478. The Balaban J connectivity index is 2.04. The normalized spacial score (nSPS) is 19.1. The largest absolute Gasteiger partial charge is 0.382 e. The first-order valence-corrected chi connectivity index (χ1v) is 6.58. The molecule has 0 aromatic heterocycles. The molecule has 1 aliphatic carbocycles. The fraction of sp³-hybridized carbons (Fsp3) is 0.571. The SMILES string of the molecule is CC1(C)CCC(Nc2ccc(F)c([N+](=O)[O-])c2)CC1. The first-order chi connectivity index (χ1) is 8.87. The molecule has 0 heterocycles. The summed E-state index contributed by atoms with van der Waals surface area (Å²) in [5, 5.41) is 14.0. The minimum absolute atomic E-state index is 0.318. The number of nitro benzene ring substituents is 1.